The normalized spacial score (nSPS) is 14.1. The van der Waals surface area contributed by atoms with Crippen molar-refractivity contribution in [1.29, 1.82) is 0 Å². The third-order valence-corrected chi connectivity index (χ3v) is 5.23. The molecule has 0 fully saturated rings. The lowest BCUT2D eigenvalue weighted by molar-refractivity contribution is -0.384. The van der Waals surface area contributed by atoms with Crippen LogP contribution >= 0.6 is 23.2 Å². The summed E-state index contributed by atoms with van der Waals surface area (Å²) in [6.45, 7) is 3.66. The number of carbonyl (C=O) groups excluding carboxylic acids is 3. The van der Waals surface area contributed by atoms with Gasteiger partial charge in [0.1, 0.15) is 11.8 Å². The molecule has 1 aliphatic rings. The van der Waals surface area contributed by atoms with Crippen molar-refractivity contribution in [3.05, 3.63) is 67.7 Å². The lowest BCUT2D eigenvalue weighted by atomic mass is 10.0. The Morgan fingerprint density at radius 2 is 1.57 bits per heavy atom. The number of hydrogen-bond donors (Lipinski definition) is 0. The van der Waals surface area contributed by atoms with Crippen molar-refractivity contribution < 1.29 is 24.0 Å². The highest BCUT2D eigenvalue weighted by atomic mass is 35.5. The number of non-ortho nitro benzene ring substituents is 1. The van der Waals surface area contributed by atoms with Gasteiger partial charge in [0.15, 0.2) is 0 Å². The number of imide groups is 1. The van der Waals surface area contributed by atoms with Crippen LogP contribution in [0.3, 0.4) is 0 Å². The van der Waals surface area contributed by atoms with Crippen LogP contribution in [0.1, 0.15) is 41.0 Å². The van der Waals surface area contributed by atoms with Crippen LogP contribution in [0.4, 0.5) is 5.69 Å². The van der Waals surface area contributed by atoms with E-state index in [9.17, 15) is 24.5 Å². The van der Waals surface area contributed by atoms with Crippen LogP contribution in [0.2, 0.25) is 10.0 Å². The second kappa shape index (κ2) is 8.41. The molecule has 8 nitrogen and oxygen atoms in total. The molecule has 2 amide bonds. The van der Waals surface area contributed by atoms with Crippen LogP contribution in [-0.2, 0) is 4.79 Å². The maximum Gasteiger partial charge on any atom is 0.334 e. The molecule has 1 atom stereocenters. The summed E-state index contributed by atoms with van der Waals surface area (Å²) in [7, 11) is 0. The SMILES string of the molecule is CC(C)CC(C(=O)Oc1ccc([N+](=O)[O-])cc1)N1C(=O)c2cc(Cl)c(Cl)cc2C1=O. The van der Waals surface area contributed by atoms with Crippen molar-refractivity contribution in [2.45, 2.75) is 26.3 Å². The standard InChI is InChI=1S/C20H16Cl2N2O6/c1-10(2)7-17(20(27)30-12-5-3-11(4-6-12)24(28)29)23-18(25)13-8-15(21)16(22)9-14(13)19(23)26/h3-6,8-10,17H,7H2,1-2H3. The van der Waals surface area contributed by atoms with Crippen molar-refractivity contribution >= 4 is 46.7 Å². The number of ether oxygens (including phenoxy) is 1. The molecule has 1 heterocycles. The van der Waals surface area contributed by atoms with Gasteiger partial charge in [-0.15, -0.1) is 0 Å². The number of benzene rings is 2. The van der Waals surface area contributed by atoms with Crippen LogP contribution in [0.15, 0.2) is 36.4 Å². The van der Waals surface area contributed by atoms with Crippen LogP contribution in [-0.4, -0.2) is 33.6 Å². The summed E-state index contributed by atoms with van der Waals surface area (Å²) in [6.07, 6.45) is 0.165. The van der Waals surface area contributed by atoms with Gasteiger partial charge in [-0.2, -0.15) is 0 Å². The van der Waals surface area contributed by atoms with Gasteiger partial charge < -0.3 is 4.74 Å². The zero-order valence-corrected chi connectivity index (χ0v) is 17.4. The van der Waals surface area contributed by atoms with Crippen molar-refractivity contribution in [3.8, 4) is 5.75 Å². The van der Waals surface area contributed by atoms with E-state index in [0.717, 1.165) is 4.90 Å². The van der Waals surface area contributed by atoms with E-state index in [1.54, 1.807) is 0 Å². The van der Waals surface area contributed by atoms with E-state index in [2.05, 4.69) is 0 Å². The zero-order valence-electron chi connectivity index (χ0n) is 15.9. The number of halogens is 2. The number of amides is 2. The number of hydrogen-bond acceptors (Lipinski definition) is 6. The predicted molar refractivity (Wildman–Crippen MR) is 109 cm³/mol. The molecular weight excluding hydrogens is 435 g/mol. The maximum atomic E-state index is 12.9. The second-order valence-corrected chi connectivity index (χ2v) is 7.92. The average molecular weight is 451 g/mol. The van der Waals surface area contributed by atoms with Gasteiger partial charge >= 0.3 is 5.97 Å². The fourth-order valence-electron chi connectivity index (χ4n) is 3.11. The first-order valence-corrected chi connectivity index (χ1v) is 9.68. The minimum atomic E-state index is -1.19. The van der Waals surface area contributed by atoms with Crippen molar-refractivity contribution in [2.75, 3.05) is 0 Å². The van der Waals surface area contributed by atoms with Gasteiger partial charge in [-0.1, -0.05) is 37.0 Å². The second-order valence-electron chi connectivity index (χ2n) is 7.11. The summed E-state index contributed by atoms with van der Waals surface area (Å²) in [4.78, 5) is 49.7. The van der Waals surface area contributed by atoms with E-state index >= 15 is 0 Å². The molecule has 1 aliphatic heterocycles. The quantitative estimate of drug-likeness (QED) is 0.210. The molecule has 10 heteroatoms. The number of nitrogens with zero attached hydrogens (tertiary/aromatic N) is 2. The molecule has 2 aromatic rings. The fourth-order valence-corrected chi connectivity index (χ4v) is 3.44. The summed E-state index contributed by atoms with van der Waals surface area (Å²) >= 11 is 11.9. The summed E-state index contributed by atoms with van der Waals surface area (Å²) in [5.74, 6) is -2.15. The highest BCUT2D eigenvalue weighted by Crippen LogP contribution is 2.33. The maximum absolute atomic E-state index is 12.9. The minimum absolute atomic E-state index is 0.0455. The Kier molecular flexibility index (Phi) is 6.09. The third kappa shape index (κ3) is 4.15. The van der Waals surface area contributed by atoms with E-state index in [1.165, 1.54) is 36.4 Å². The first-order valence-electron chi connectivity index (χ1n) is 8.93. The van der Waals surface area contributed by atoms with E-state index in [-0.39, 0.29) is 44.9 Å². The molecule has 0 aliphatic carbocycles. The average Bonchev–Trinajstić information content (AvgIpc) is 2.90. The summed E-state index contributed by atoms with van der Waals surface area (Å²) in [5.41, 5.74) is -0.0415. The van der Waals surface area contributed by atoms with Crippen molar-refractivity contribution in [3.63, 3.8) is 0 Å². The minimum Gasteiger partial charge on any atom is -0.425 e. The lowest BCUT2D eigenvalue weighted by Gasteiger charge is -2.25. The number of carbonyl (C=O) groups is 3. The highest BCUT2D eigenvalue weighted by Gasteiger charge is 2.44. The topological polar surface area (TPSA) is 107 Å². The monoisotopic (exact) mass is 450 g/mol. The van der Waals surface area contributed by atoms with E-state index in [0.29, 0.717) is 0 Å². The number of rotatable bonds is 6. The van der Waals surface area contributed by atoms with E-state index in [4.69, 9.17) is 27.9 Å². The Morgan fingerprint density at radius 3 is 2.00 bits per heavy atom. The van der Waals surface area contributed by atoms with E-state index < -0.39 is 28.7 Å². The number of esters is 1. The molecule has 0 N–H and O–H groups in total. The molecule has 0 radical (unpaired) electrons. The Hall–Kier alpha value is -2.97. The molecule has 0 aromatic heterocycles. The molecule has 0 bridgehead atoms. The zero-order chi connectivity index (χ0) is 22.2. The lowest BCUT2D eigenvalue weighted by Crippen LogP contribution is -2.47. The Bertz CT molecular complexity index is 1010. The molecular formula is C20H16Cl2N2O6. The molecule has 0 saturated carbocycles. The Labute approximate surface area is 181 Å². The molecule has 1 unspecified atom stereocenters. The molecule has 2 aromatic carbocycles. The van der Waals surface area contributed by atoms with Gasteiger partial charge in [0, 0.05) is 12.1 Å². The highest BCUT2D eigenvalue weighted by molar-refractivity contribution is 6.43. The van der Waals surface area contributed by atoms with Crippen LogP contribution in [0, 0.1) is 16.0 Å². The first kappa shape index (κ1) is 21.7. The Morgan fingerprint density at radius 1 is 1.07 bits per heavy atom. The molecule has 156 valence electrons. The fraction of sp³-hybridized carbons (Fsp3) is 0.250. The van der Waals surface area contributed by atoms with Gasteiger partial charge in [-0.25, -0.2) is 4.79 Å². The number of nitro benzene ring substituents is 1. The predicted octanol–water partition coefficient (Wildman–Crippen LogP) is 4.52. The van der Waals surface area contributed by atoms with E-state index in [1.807, 2.05) is 13.8 Å². The summed E-state index contributed by atoms with van der Waals surface area (Å²) < 4.78 is 5.31. The van der Waals surface area contributed by atoms with Crippen LogP contribution in [0.5, 0.6) is 5.75 Å². The van der Waals surface area contributed by atoms with Crippen molar-refractivity contribution in [1.82, 2.24) is 4.90 Å². The van der Waals surface area contributed by atoms with Crippen LogP contribution in [0.25, 0.3) is 0 Å². The van der Waals surface area contributed by atoms with Gasteiger partial charge in [0.25, 0.3) is 17.5 Å². The summed E-state index contributed by atoms with van der Waals surface area (Å²) in [5, 5.41) is 11.0. The van der Waals surface area contributed by atoms with Gasteiger partial charge in [-0.3, -0.25) is 24.6 Å². The third-order valence-electron chi connectivity index (χ3n) is 4.50. The number of nitro groups is 1. The molecule has 3 rings (SSSR count). The van der Waals surface area contributed by atoms with Crippen molar-refractivity contribution in [2.24, 2.45) is 5.92 Å². The molecule has 0 spiro atoms. The summed E-state index contributed by atoms with van der Waals surface area (Å²) in [6, 6.07) is 6.32. The van der Waals surface area contributed by atoms with Crippen LogP contribution < -0.4 is 4.74 Å². The molecule has 30 heavy (non-hydrogen) atoms. The Balaban J connectivity index is 1.90. The molecule has 0 saturated heterocycles. The largest absolute Gasteiger partial charge is 0.425 e. The first-order chi connectivity index (χ1) is 14.1. The van der Waals surface area contributed by atoms with Gasteiger partial charge in [0.2, 0.25) is 0 Å². The smallest absolute Gasteiger partial charge is 0.334 e. The van der Waals surface area contributed by atoms with Gasteiger partial charge in [-0.05, 0) is 36.6 Å². The van der Waals surface area contributed by atoms with Gasteiger partial charge in [0.05, 0.1) is 26.1 Å². The number of fused-ring (bicyclic) bond motifs is 1.